The summed E-state index contributed by atoms with van der Waals surface area (Å²) in [6, 6.07) is 0. The fourth-order valence-electron chi connectivity index (χ4n) is 1.96. The summed E-state index contributed by atoms with van der Waals surface area (Å²) in [6.07, 6.45) is 0. The Hall–Kier alpha value is -1.36. The molecule has 2 bridgehead atoms. The monoisotopic (exact) mass is 212 g/mol. The fourth-order valence-corrected chi connectivity index (χ4v) is 1.96. The third-order valence-corrected chi connectivity index (χ3v) is 3.40. The third-order valence-electron chi connectivity index (χ3n) is 3.40. The van der Waals surface area contributed by atoms with E-state index in [1.54, 1.807) is 6.92 Å². The maximum atomic E-state index is 11.6. The van der Waals surface area contributed by atoms with Gasteiger partial charge in [0.25, 0.3) is 5.60 Å². The highest BCUT2D eigenvalue weighted by atomic mass is 16.7. The van der Waals surface area contributed by atoms with Gasteiger partial charge in [0.05, 0.1) is 6.61 Å². The second-order valence-corrected chi connectivity index (χ2v) is 4.12. The summed E-state index contributed by atoms with van der Waals surface area (Å²) in [7, 11) is 0. The summed E-state index contributed by atoms with van der Waals surface area (Å²) >= 11 is 0. The zero-order chi connectivity index (χ0) is 11.4. The van der Waals surface area contributed by atoms with Crippen LogP contribution in [-0.2, 0) is 19.1 Å². The molecule has 0 saturated carbocycles. The van der Waals surface area contributed by atoms with Crippen molar-refractivity contribution in [2.75, 3.05) is 6.61 Å². The summed E-state index contributed by atoms with van der Waals surface area (Å²) in [5, 5.41) is 9.19. The zero-order valence-electron chi connectivity index (χ0n) is 8.57. The number of esters is 2. The van der Waals surface area contributed by atoms with Crippen molar-refractivity contribution in [3.63, 3.8) is 0 Å². The van der Waals surface area contributed by atoms with Crippen LogP contribution in [0, 0.1) is 5.92 Å². The first-order valence-corrected chi connectivity index (χ1v) is 4.65. The van der Waals surface area contributed by atoms with Crippen LogP contribution in [0.4, 0.5) is 0 Å². The fraction of sp³-hybridized carbons (Fsp3) is 0.600. The molecule has 82 valence electrons. The second-order valence-electron chi connectivity index (χ2n) is 4.12. The van der Waals surface area contributed by atoms with Gasteiger partial charge >= 0.3 is 11.9 Å². The smallest absolute Gasteiger partial charge is 0.358 e. The van der Waals surface area contributed by atoms with Crippen LogP contribution in [0.15, 0.2) is 12.2 Å². The Morgan fingerprint density at radius 3 is 2.53 bits per heavy atom. The second kappa shape index (κ2) is 2.61. The molecule has 3 atom stereocenters. The highest BCUT2D eigenvalue weighted by molar-refractivity contribution is 5.98. The SMILES string of the molecule is C=C1C(C)C2(C)OC(=O)C1(CO)OC2=O. The number of rotatable bonds is 1. The van der Waals surface area contributed by atoms with Crippen molar-refractivity contribution in [1.29, 1.82) is 0 Å². The summed E-state index contributed by atoms with van der Waals surface area (Å²) in [5.41, 5.74) is -2.59. The van der Waals surface area contributed by atoms with Gasteiger partial charge in [-0.1, -0.05) is 13.5 Å². The van der Waals surface area contributed by atoms with Gasteiger partial charge in [-0.15, -0.1) is 0 Å². The first-order valence-electron chi connectivity index (χ1n) is 4.65. The number of fused-ring (bicyclic) bond motifs is 3. The molecule has 0 aromatic rings. The molecule has 3 aliphatic rings. The average molecular weight is 212 g/mol. The molecule has 15 heavy (non-hydrogen) atoms. The molecule has 0 aliphatic carbocycles. The molecule has 3 saturated heterocycles. The topological polar surface area (TPSA) is 72.8 Å². The Kier molecular flexibility index (Phi) is 1.77. The van der Waals surface area contributed by atoms with Gasteiger partial charge in [-0.2, -0.15) is 0 Å². The Labute approximate surface area is 86.7 Å². The van der Waals surface area contributed by atoms with Gasteiger partial charge in [-0.25, -0.2) is 9.59 Å². The predicted molar refractivity (Wildman–Crippen MR) is 48.7 cm³/mol. The van der Waals surface area contributed by atoms with Crippen molar-refractivity contribution in [3.05, 3.63) is 12.2 Å². The van der Waals surface area contributed by atoms with Crippen molar-refractivity contribution < 1.29 is 24.2 Å². The van der Waals surface area contributed by atoms with E-state index in [0.29, 0.717) is 5.57 Å². The number of aliphatic hydroxyl groups is 1. The van der Waals surface area contributed by atoms with Gasteiger partial charge in [0.2, 0.25) is 5.60 Å². The molecule has 5 heteroatoms. The molecule has 3 unspecified atom stereocenters. The summed E-state index contributed by atoms with van der Waals surface area (Å²) in [4.78, 5) is 23.2. The van der Waals surface area contributed by atoms with Crippen LogP contribution in [0.3, 0.4) is 0 Å². The Bertz CT molecular complexity index is 374. The van der Waals surface area contributed by atoms with Gasteiger partial charge in [0, 0.05) is 5.92 Å². The molecule has 3 rings (SSSR count). The van der Waals surface area contributed by atoms with Crippen LogP contribution < -0.4 is 0 Å². The lowest BCUT2D eigenvalue weighted by molar-refractivity contribution is -0.243. The van der Waals surface area contributed by atoms with Gasteiger partial charge in [0.15, 0.2) is 0 Å². The lowest BCUT2D eigenvalue weighted by Gasteiger charge is -2.51. The van der Waals surface area contributed by atoms with Gasteiger partial charge in [-0.3, -0.25) is 0 Å². The van der Waals surface area contributed by atoms with E-state index in [-0.39, 0.29) is 5.92 Å². The molecule has 0 aromatic heterocycles. The van der Waals surface area contributed by atoms with E-state index in [0.717, 1.165) is 0 Å². The number of aliphatic hydroxyl groups excluding tert-OH is 1. The highest BCUT2D eigenvalue weighted by Crippen LogP contribution is 2.47. The van der Waals surface area contributed by atoms with Crippen molar-refractivity contribution in [2.45, 2.75) is 25.0 Å². The van der Waals surface area contributed by atoms with E-state index in [9.17, 15) is 14.7 Å². The molecule has 5 nitrogen and oxygen atoms in total. The molecule has 3 fully saturated rings. The van der Waals surface area contributed by atoms with E-state index in [1.807, 2.05) is 0 Å². The zero-order valence-corrected chi connectivity index (χ0v) is 8.57. The van der Waals surface area contributed by atoms with Crippen molar-refractivity contribution >= 4 is 11.9 Å². The number of ether oxygens (including phenoxy) is 2. The van der Waals surface area contributed by atoms with E-state index >= 15 is 0 Å². The lowest BCUT2D eigenvalue weighted by atomic mass is 9.71. The summed E-state index contributed by atoms with van der Waals surface area (Å²) < 4.78 is 9.98. The van der Waals surface area contributed by atoms with E-state index in [4.69, 9.17) is 9.47 Å². The highest BCUT2D eigenvalue weighted by Gasteiger charge is 2.67. The normalized spacial score (nSPS) is 43.9. The van der Waals surface area contributed by atoms with Gasteiger partial charge < -0.3 is 14.6 Å². The maximum absolute atomic E-state index is 11.6. The molecule has 3 aliphatic heterocycles. The summed E-state index contributed by atoms with van der Waals surface area (Å²) in [6.45, 7) is 6.30. The molecule has 0 amide bonds. The molecular weight excluding hydrogens is 200 g/mol. The minimum Gasteiger partial charge on any atom is -0.443 e. The van der Waals surface area contributed by atoms with E-state index in [2.05, 4.69) is 6.58 Å². The first-order chi connectivity index (χ1) is 6.88. The van der Waals surface area contributed by atoms with Crippen LogP contribution >= 0.6 is 0 Å². The van der Waals surface area contributed by atoms with Crippen molar-refractivity contribution in [1.82, 2.24) is 0 Å². The molecule has 0 radical (unpaired) electrons. The van der Waals surface area contributed by atoms with Crippen LogP contribution in [0.2, 0.25) is 0 Å². The molecule has 3 heterocycles. The van der Waals surface area contributed by atoms with Crippen LogP contribution in [0.1, 0.15) is 13.8 Å². The molecular formula is C10H12O5. The number of carbonyl (C=O) groups excluding carboxylic acids is 2. The number of carbonyl (C=O) groups is 2. The summed E-state index contributed by atoms with van der Waals surface area (Å²) in [5.74, 6) is -1.73. The number of hydrogen-bond donors (Lipinski definition) is 1. The van der Waals surface area contributed by atoms with Crippen LogP contribution in [0.5, 0.6) is 0 Å². The van der Waals surface area contributed by atoms with E-state index < -0.39 is 29.7 Å². The quantitative estimate of drug-likeness (QED) is 0.480. The third kappa shape index (κ3) is 0.911. The minimum absolute atomic E-state index is 0.358. The van der Waals surface area contributed by atoms with Crippen LogP contribution in [0.25, 0.3) is 0 Å². The van der Waals surface area contributed by atoms with Gasteiger partial charge in [-0.05, 0) is 12.5 Å². The molecule has 0 spiro atoms. The predicted octanol–water partition coefficient (Wildman–Crippen LogP) is -0.218. The van der Waals surface area contributed by atoms with Crippen molar-refractivity contribution in [3.8, 4) is 0 Å². The molecule has 1 N–H and O–H groups in total. The number of hydrogen-bond acceptors (Lipinski definition) is 5. The average Bonchev–Trinajstić information content (AvgIpc) is 2.19. The van der Waals surface area contributed by atoms with Crippen molar-refractivity contribution in [2.24, 2.45) is 5.92 Å². The van der Waals surface area contributed by atoms with Crippen LogP contribution in [-0.4, -0.2) is 34.9 Å². The Morgan fingerprint density at radius 2 is 2.00 bits per heavy atom. The maximum Gasteiger partial charge on any atom is 0.358 e. The molecule has 0 aromatic carbocycles. The van der Waals surface area contributed by atoms with Gasteiger partial charge in [0.1, 0.15) is 0 Å². The Balaban J connectivity index is 2.57. The van der Waals surface area contributed by atoms with E-state index in [1.165, 1.54) is 6.92 Å². The minimum atomic E-state index is -1.69. The lowest BCUT2D eigenvalue weighted by Crippen LogP contribution is -2.70. The standard InChI is InChI=1S/C10H12O5/c1-5-6(2)10(4-11)8(13)14-9(5,3)7(12)15-10/h5,11H,2,4H2,1,3H3. The largest absolute Gasteiger partial charge is 0.443 e. The first kappa shape index (κ1) is 10.2. The Morgan fingerprint density at radius 1 is 1.40 bits per heavy atom.